The lowest BCUT2D eigenvalue weighted by molar-refractivity contribution is -1.03. The van der Waals surface area contributed by atoms with E-state index in [0.717, 1.165) is 49.8 Å². The summed E-state index contributed by atoms with van der Waals surface area (Å²) in [5.41, 5.74) is 0.591. The first kappa shape index (κ1) is 17.1. The van der Waals surface area contributed by atoms with Gasteiger partial charge in [0.25, 0.3) is 5.56 Å². The van der Waals surface area contributed by atoms with E-state index in [9.17, 15) is 13.2 Å². The van der Waals surface area contributed by atoms with E-state index in [-0.39, 0.29) is 11.6 Å². The largest absolute Gasteiger partial charge is 0.322 e. The normalized spacial score (nSPS) is 29.2. The number of aryl methyl sites for hydroxylation is 1. The highest BCUT2D eigenvalue weighted by Gasteiger charge is 2.37. The Morgan fingerprint density at radius 2 is 2.08 bits per heavy atom. The third kappa shape index (κ3) is 3.62. The molecule has 2 aromatic rings. The number of fused-ring (bicyclic) bond motifs is 1. The maximum absolute atomic E-state index is 12.0. The molecular formula is C15H23N5O3S2+2. The standard InChI is InChI=1S/C15H21N5O3S2/c1-11-8-14(21)20-15(16-11)24-13(17-20)9-18-3-5-19(6-4-18)12-2-7-25(22,23)10-12/h8,12H,2-7,9-10H2,1H3/p+2/t12-/m1/s1. The van der Waals surface area contributed by atoms with Crippen LogP contribution in [0.2, 0.25) is 0 Å². The molecule has 0 radical (unpaired) electrons. The van der Waals surface area contributed by atoms with Crippen molar-refractivity contribution in [2.24, 2.45) is 0 Å². The monoisotopic (exact) mass is 385 g/mol. The zero-order chi connectivity index (χ0) is 17.6. The average Bonchev–Trinajstić information content (AvgIpc) is 3.11. The zero-order valence-electron chi connectivity index (χ0n) is 14.2. The van der Waals surface area contributed by atoms with Gasteiger partial charge in [0.05, 0.1) is 5.75 Å². The number of sulfone groups is 1. The van der Waals surface area contributed by atoms with Gasteiger partial charge in [0.1, 0.15) is 44.5 Å². The highest BCUT2D eigenvalue weighted by Crippen LogP contribution is 2.10. The van der Waals surface area contributed by atoms with Crippen LogP contribution in [0.25, 0.3) is 4.96 Å². The van der Waals surface area contributed by atoms with Gasteiger partial charge in [0.15, 0.2) is 14.8 Å². The topological polar surface area (TPSA) is 90.3 Å². The van der Waals surface area contributed by atoms with Crippen LogP contribution in [0.4, 0.5) is 0 Å². The molecule has 1 atom stereocenters. The fraction of sp³-hybridized carbons (Fsp3) is 0.667. The van der Waals surface area contributed by atoms with Crippen LogP contribution in [0.15, 0.2) is 10.9 Å². The summed E-state index contributed by atoms with van der Waals surface area (Å²) in [6.07, 6.45) is 0.804. The van der Waals surface area contributed by atoms with E-state index in [0.29, 0.717) is 16.5 Å². The second-order valence-corrected chi connectivity index (χ2v) is 10.4. The highest BCUT2D eigenvalue weighted by atomic mass is 32.2. The summed E-state index contributed by atoms with van der Waals surface area (Å²) in [5, 5.41) is 5.34. The Morgan fingerprint density at radius 3 is 2.76 bits per heavy atom. The summed E-state index contributed by atoms with van der Waals surface area (Å²) in [5.74, 6) is 0.702. The molecule has 4 rings (SSSR count). The molecule has 10 heteroatoms. The van der Waals surface area contributed by atoms with Crippen molar-refractivity contribution in [2.45, 2.75) is 25.9 Å². The summed E-state index contributed by atoms with van der Waals surface area (Å²) < 4.78 is 24.7. The van der Waals surface area contributed by atoms with Crippen molar-refractivity contribution in [2.75, 3.05) is 37.7 Å². The summed E-state index contributed by atoms with van der Waals surface area (Å²) in [6, 6.07) is 1.78. The quantitative estimate of drug-likeness (QED) is 0.585. The third-order valence-corrected chi connectivity index (χ3v) is 7.90. The second kappa shape index (κ2) is 6.42. The van der Waals surface area contributed by atoms with Crippen LogP contribution < -0.4 is 15.4 Å². The Hall–Kier alpha value is -1.36. The van der Waals surface area contributed by atoms with Crippen LogP contribution in [0.1, 0.15) is 17.1 Å². The number of nitrogens with one attached hydrogen (secondary N) is 2. The van der Waals surface area contributed by atoms with Gasteiger partial charge in [0.2, 0.25) is 4.96 Å². The molecule has 4 heterocycles. The molecule has 0 aliphatic carbocycles. The summed E-state index contributed by atoms with van der Waals surface area (Å²) in [7, 11) is -2.80. The maximum Gasteiger partial charge on any atom is 0.275 e. The van der Waals surface area contributed by atoms with Crippen LogP contribution in [-0.2, 0) is 16.4 Å². The van der Waals surface area contributed by atoms with E-state index in [1.807, 2.05) is 6.92 Å². The smallest absolute Gasteiger partial charge is 0.275 e. The minimum Gasteiger partial charge on any atom is -0.322 e. The molecule has 0 aromatic carbocycles. The first-order chi connectivity index (χ1) is 11.9. The second-order valence-electron chi connectivity index (χ2n) is 7.11. The number of hydrogen-bond acceptors (Lipinski definition) is 6. The summed E-state index contributed by atoms with van der Waals surface area (Å²) in [6.45, 7) is 6.61. The Balaban J connectivity index is 1.39. The van der Waals surface area contributed by atoms with Gasteiger partial charge in [-0.1, -0.05) is 11.3 Å². The SMILES string of the molecule is Cc1cc(=O)n2nc(C[NH+]3CC[NH+]([C@@H]4CCS(=O)(=O)C4)CC3)sc2n1. The van der Waals surface area contributed by atoms with Gasteiger partial charge in [-0.25, -0.2) is 13.4 Å². The number of hydrogen-bond donors (Lipinski definition) is 2. The van der Waals surface area contributed by atoms with Gasteiger partial charge in [0, 0.05) is 18.2 Å². The minimum absolute atomic E-state index is 0.128. The van der Waals surface area contributed by atoms with E-state index < -0.39 is 9.84 Å². The number of aromatic nitrogens is 3. The van der Waals surface area contributed by atoms with Gasteiger partial charge < -0.3 is 9.80 Å². The lowest BCUT2D eigenvalue weighted by atomic mass is 10.2. The average molecular weight is 386 g/mol. The molecule has 2 N–H and O–H groups in total. The predicted octanol–water partition coefficient (Wildman–Crippen LogP) is -3.07. The Kier molecular flexibility index (Phi) is 4.38. The molecule has 2 aromatic heterocycles. The zero-order valence-corrected chi connectivity index (χ0v) is 15.8. The van der Waals surface area contributed by atoms with Gasteiger partial charge in [-0.2, -0.15) is 9.61 Å². The van der Waals surface area contributed by atoms with Crippen LogP contribution >= 0.6 is 11.3 Å². The van der Waals surface area contributed by atoms with Gasteiger partial charge in [-0.3, -0.25) is 4.79 Å². The van der Waals surface area contributed by atoms with Crippen LogP contribution in [0, 0.1) is 6.92 Å². The van der Waals surface area contributed by atoms with Crippen molar-refractivity contribution < 1.29 is 18.2 Å². The number of rotatable bonds is 3. The molecule has 136 valence electrons. The molecule has 2 aliphatic rings. The summed E-state index contributed by atoms with van der Waals surface area (Å²) in [4.78, 5) is 19.9. The van der Waals surface area contributed by atoms with Crippen molar-refractivity contribution in [3.05, 3.63) is 27.1 Å². The molecule has 25 heavy (non-hydrogen) atoms. The van der Waals surface area contributed by atoms with Crippen molar-refractivity contribution in [3.8, 4) is 0 Å². The molecule has 0 spiro atoms. The maximum atomic E-state index is 12.0. The fourth-order valence-electron chi connectivity index (χ4n) is 3.87. The van der Waals surface area contributed by atoms with Gasteiger partial charge in [-0.15, -0.1) is 0 Å². The Bertz CT molecular complexity index is 944. The van der Waals surface area contributed by atoms with Crippen LogP contribution in [0.3, 0.4) is 0 Å². The van der Waals surface area contributed by atoms with E-state index in [1.54, 1.807) is 0 Å². The molecule has 0 bridgehead atoms. The van der Waals surface area contributed by atoms with Gasteiger partial charge >= 0.3 is 0 Å². The fourth-order valence-corrected chi connectivity index (χ4v) is 6.71. The molecule has 2 saturated heterocycles. The third-order valence-electron chi connectivity index (χ3n) is 5.23. The van der Waals surface area contributed by atoms with Crippen LogP contribution in [0.5, 0.6) is 0 Å². The molecule has 0 saturated carbocycles. The number of nitrogens with zero attached hydrogens (tertiary/aromatic N) is 3. The molecular weight excluding hydrogens is 362 g/mol. The van der Waals surface area contributed by atoms with E-state index in [1.165, 1.54) is 31.7 Å². The van der Waals surface area contributed by atoms with Crippen molar-refractivity contribution >= 4 is 26.1 Å². The number of quaternary nitrogens is 2. The highest BCUT2D eigenvalue weighted by molar-refractivity contribution is 7.91. The van der Waals surface area contributed by atoms with Crippen molar-refractivity contribution in [3.63, 3.8) is 0 Å². The lowest BCUT2D eigenvalue weighted by Crippen LogP contribution is -3.29. The Morgan fingerprint density at radius 1 is 1.32 bits per heavy atom. The molecule has 2 fully saturated rings. The number of piperazine rings is 1. The van der Waals surface area contributed by atoms with Gasteiger partial charge in [-0.05, 0) is 6.92 Å². The summed E-state index contributed by atoms with van der Waals surface area (Å²) >= 11 is 1.48. The lowest BCUT2D eigenvalue weighted by Gasteiger charge is -2.32. The van der Waals surface area contributed by atoms with Crippen LogP contribution in [-0.4, -0.2) is 66.7 Å². The van der Waals surface area contributed by atoms with E-state index >= 15 is 0 Å². The molecule has 0 amide bonds. The molecule has 0 unspecified atom stereocenters. The minimum atomic E-state index is -2.80. The first-order valence-electron chi connectivity index (χ1n) is 8.64. The van der Waals surface area contributed by atoms with Crippen molar-refractivity contribution in [1.82, 2.24) is 14.6 Å². The first-order valence-corrected chi connectivity index (χ1v) is 11.3. The molecule has 2 aliphatic heterocycles. The van der Waals surface area contributed by atoms with Crippen molar-refractivity contribution in [1.29, 1.82) is 0 Å². The van der Waals surface area contributed by atoms with E-state index in [2.05, 4.69) is 10.1 Å². The predicted molar refractivity (Wildman–Crippen MR) is 94.0 cm³/mol. The Labute approximate surface area is 150 Å². The van der Waals surface area contributed by atoms with E-state index in [4.69, 9.17) is 0 Å². The molecule has 8 nitrogen and oxygen atoms in total.